The summed E-state index contributed by atoms with van der Waals surface area (Å²) in [7, 11) is -0.936. The summed E-state index contributed by atoms with van der Waals surface area (Å²) in [6, 6.07) is 3.73. The van der Waals surface area contributed by atoms with Crippen molar-refractivity contribution in [3.05, 3.63) is 35.8 Å². The van der Waals surface area contributed by atoms with E-state index in [1.54, 1.807) is 12.4 Å². The number of hydrogen-bond donors (Lipinski definition) is 0. The van der Waals surface area contributed by atoms with E-state index in [2.05, 4.69) is 4.98 Å². The molecule has 1 unspecified atom stereocenters. The minimum Gasteiger partial charge on any atom is -0.398 e. The lowest BCUT2D eigenvalue weighted by Crippen LogP contribution is -2.41. The van der Waals surface area contributed by atoms with Crippen molar-refractivity contribution in [3.63, 3.8) is 0 Å². The topological polar surface area (TPSA) is 31.4 Å². The van der Waals surface area contributed by atoms with Crippen LogP contribution in [0, 0.1) is 5.92 Å². The van der Waals surface area contributed by atoms with E-state index < -0.39 is 18.3 Å². The van der Waals surface area contributed by atoms with Gasteiger partial charge in [-0.1, -0.05) is 0 Å². The van der Waals surface area contributed by atoms with E-state index in [4.69, 9.17) is 9.31 Å². The van der Waals surface area contributed by atoms with Crippen molar-refractivity contribution in [2.75, 3.05) is 11.5 Å². The minimum absolute atomic E-state index is 0.196. The number of pyridine rings is 1. The zero-order chi connectivity index (χ0) is 16.7. The van der Waals surface area contributed by atoms with Gasteiger partial charge in [0, 0.05) is 18.1 Å². The lowest BCUT2D eigenvalue weighted by Gasteiger charge is -2.32. The molecule has 3 rings (SSSR count). The van der Waals surface area contributed by atoms with Gasteiger partial charge in [0.2, 0.25) is 0 Å². The molecule has 1 atom stereocenters. The van der Waals surface area contributed by atoms with Gasteiger partial charge in [-0.25, -0.2) is 4.39 Å². The summed E-state index contributed by atoms with van der Waals surface area (Å²) in [6.45, 7) is 7.77. The molecular formula is C17H23BFNO2S. The number of rotatable bonds is 3. The first-order valence-corrected chi connectivity index (χ1v) is 9.20. The number of aromatic nitrogens is 1. The molecule has 0 spiro atoms. The number of halogens is 1. The fraction of sp³-hybridized carbons (Fsp3) is 0.588. The van der Waals surface area contributed by atoms with E-state index in [-0.39, 0.29) is 11.6 Å². The Bertz CT molecular complexity index is 584. The number of thioether (sulfide) groups is 1. The van der Waals surface area contributed by atoms with Crippen LogP contribution in [0.1, 0.15) is 39.7 Å². The monoisotopic (exact) mass is 335 g/mol. The molecule has 1 aromatic heterocycles. The molecule has 0 N–H and O–H groups in total. The van der Waals surface area contributed by atoms with Crippen LogP contribution in [-0.2, 0) is 9.31 Å². The van der Waals surface area contributed by atoms with Crippen LogP contribution in [0.15, 0.2) is 30.3 Å². The van der Waals surface area contributed by atoms with Crippen molar-refractivity contribution >= 4 is 24.5 Å². The smallest absolute Gasteiger partial charge is 0.398 e. The molecule has 2 fully saturated rings. The van der Waals surface area contributed by atoms with Gasteiger partial charge in [-0.2, -0.15) is 11.8 Å². The highest BCUT2D eigenvalue weighted by atomic mass is 32.2. The lowest BCUT2D eigenvalue weighted by molar-refractivity contribution is 0.00578. The van der Waals surface area contributed by atoms with Crippen molar-refractivity contribution in [1.82, 2.24) is 4.98 Å². The second kappa shape index (κ2) is 6.23. The predicted octanol–water partition coefficient (Wildman–Crippen LogP) is 4.15. The fourth-order valence-electron chi connectivity index (χ4n) is 2.94. The summed E-state index contributed by atoms with van der Waals surface area (Å²) in [4.78, 5) is 4.04. The fourth-order valence-corrected chi connectivity index (χ4v) is 4.17. The molecule has 0 saturated carbocycles. The van der Waals surface area contributed by atoms with Gasteiger partial charge in [0.15, 0.2) is 0 Å². The van der Waals surface area contributed by atoms with E-state index in [1.165, 1.54) is 0 Å². The molecule has 124 valence electrons. The average Bonchev–Trinajstić information content (AvgIpc) is 3.07. The average molecular weight is 335 g/mol. The quantitative estimate of drug-likeness (QED) is 0.777. The Labute approximate surface area is 142 Å². The third kappa shape index (κ3) is 3.21. The Kier molecular flexibility index (Phi) is 4.60. The summed E-state index contributed by atoms with van der Waals surface area (Å²) in [5.74, 6) is 2.20. The van der Waals surface area contributed by atoms with Gasteiger partial charge in [0.1, 0.15) is 5.73 Å². The van der Waals surface area contributed by atoms with Gasteiger partial charge in [-0.15, -0.1) is 0 Å². The van der Waals surface area contributed by atoms with Crippen molar-refractivity contribution in [3.8, 4) is 0 Å². The van der Waals surface area contributed by atoms with Crippen molar-refractivity contribution in [2.24, 2.45) is 5.92 Å². The predicted molar refractivity (Wildman–Crippen MR) is 93.8 cm³/mol. The molecule has 0 aliphatic carbocycles. The van der Waals surface area contributed by atoms with Gasteiger partial charge >= 0.3 is 7.12 Å². The molecule has 2 saturated heterocycles. The summed E-state index contributed by atoms with van der Waals surface area (Å²) < 4.78 is 27.2. The molecule has 3 nitrogen and oxygen atoms in total. The van der Waals surface area contributed by atoms with Crippen LogP contribution in [-0.4, -0.2) is 34.8 Å². The molecule has 0 aromatic carbocycles. The van der Waals surface area contributed by atoms with Crippen LogP contribution < -0.4 is 0 Å². The Morgan fingerprint density at radius 1 is 1.22 bits per heavy atom. The minimum atomic E-state index is -0.936. The first-order chi connectivity index (χ1) is 10.8. The van der Waals surface area contributed by atoms with Gasteiger partial charge in [-0.3, -0.25) is 4.98 Å². The SMILES string of the molecule is CC1(C)OB(C(F)=C(c2ccncc2)C2CCSC2)OC1(C)C. The molecule has 6 heteroatoms. The summed E-state index contributed by atoms with van der Waals surface area (Å²) in [5, 5.41) is 0. The summed E-state index contributed by atoms with van der Waals surface area (Å²) >= 11 is 1.87. The maximum atomic E-state index is 15.4. The van der Waals surface area contributed by atoms with Gasteiger partial charge in [0.25, 0.3) is 0 Å². The van der Waals surface area contributed by atoms with Crippen LogP contribution in [0.4, 0.5) is 4.39 Å². The lowest BCUT2D eigenvalue weighted by atomic mass is 9.78. The molecule has 23 heavy (non-hydrogen) atoms. The van der Waals surface area contributed by atoms with Gasteiger partial charge in [-0.05, 0) is 69.1 Å². The maximum absolute atomic E-state index is 15.4. The second-order valence-electron chi connectivity index (χ2n) is 7.15. The Hall–Kier alpha value is -0.845. The van der Waals surface area contributed by atoms with E-state index in [0.717, 1.165) is 29.1 Å². The third-order valence-corrected chi connectivity index (χ3v) is 6.21. The molecule has 0 amide bonds. The number of allylic oxidation sites excluding steroid dienone is 1. The Morgan fingerprint density at radius 2 is 1.83 bits per heavy atom. The first kappa shape index (κ1) is 17.0. The molecular weight excluding hydrogens is 312 g/mol. The van der Waals surface area contributed by atoms with Crippen LogP contribution in [0.3, 0.4) is 0 Å². The van der Waals surface area contributed by atoms with E-state index in [9.17, 15) is 0 Å². The van der Waals surface area contributed by atoms with Crippen LogP contribution in [0.5, 0.6) is 0 Å². The maximum Gasteiger partial charge on any atom is 0.525 e. The molecule has 3 heterocycles. The number of nitrogens with zero attached hydrogens (tertiary/aromatic N) is 1. The Morgan fingerprint density at radius 3 is 2.35 bits per heavy atom. The third-order valence-electron chi connectivity index (χ3n) is 5.05. The van der Waals surface area contributed by atoms with Crippen LogP contribution in [0.25, 0.3) is 5.57 Å². The highest BCUT2D eigenvalue weighted by Crippen LogP contribution is 2.43. The molecule has 2 aliphatic rings. The molecule has 2 aliphatic heterocycles. The first-order valence-electron chi connectivity index (χ1n) is 8.05. The standard InChI is InChI=1S/C17H23BFNO2S/c1-16(2)17(3,4)22-18(21-16)15(19)14(13-7-10-23-11-13)12-5-8-20-9-6-12/h5-6,8-9,13H,7,10-11H2,1-4H3. The Balaban J connectivity index is 1.99. The second-order valence-corrected chi connectivity index (χ2v) is 8.30. The largest absolute Gasteiger partial charge is 0.525 e. The van der Waals surface area contributed by atoms with E-state index in [0.29, 0.717) is 0 Å². The van der Waals surface area contributed by atoms with E-state index >= 15 is 4.39 Å². The summed E-state index contributed by atoms with van der Waals surface area (Å²) in [6.07, 6.45) is 4.39. The number of hydrogen-bond acceptors (Lipinski definition) is 4. The van der Waals surface area contributed by atoms with Crippen molar-refractivity contribution in [2.45, 2.75) is 45.3 Å². The molecule has 0 bridgehead atoms. The molecule has 0 radical (unpaired) electrons. The zero-order valence-corrected chi connectivity index (χ0v) is 15.0. The van der Waals surface area contributed by atoms with Crippen molar-refractivity contribution in [1.29, 1.82) is 0 Å². The summed E-state index contributed by atoms with van der Waals surface area (Å²) in [5.41, 5.74) is 0.226. The van der Waals surface area contributed by atoms with Crippen LogP contribution >= 0.6 is 11.8 Å². The zero-order valence-electron chi connectivity index (χ0n) is 14.1. The van der Waals surface area contributed by atoms with E-state index in [1.807, 2.05) is 51.6 Å². The highest BCUT2D eigenvalue weighted by molar-refractivity contribution is 7.99. The van der Waals surface area contributed by atoms with Crippen molar-refractivity contribution < 1.29 is 13.7 Å². The molecule has 1 aromatic rings. The van der Waals surface area contributed by atoms with Crippen LogP contribution in [0.2, 0.25) is 0 Å². The highest BCUT2D eigenvalue weighted by Gasteiger charge is 2.54. The normalized spacial score (nSPS) is 27.2. The van der Waals surface area contributed by atoms with Gasteiger partial charge < -0.3 is 9.31 Å². The van der Waals surface area contributed by atoms with Gasteiger partial charge in [0.05, 0.1) is 11.2 Å².